The highest BCUT2D eigenvalue weighted by Crippen LogP contribution is 2.28. The summed E-state index contributed by atoms with van der Waals surface area (Å²) in [5, 5.41) is 4.00. The third-order valence-electron chi connectivity index (χ3n) is 7.02. The van der Waals surface area contributed by atoms with E-state index in [1.165, 1.54) is 5.69 Å². The quantitative estimate of drug-likeness (QED) is 0.270. The van der Waals surface area contributed by atoms with Gasteiger partial charge in [0.15, 0.2) is 5.76 Å². The molecular weight excluding hydrogens is 558 g/mol. The summed E-state index contributed by atoms with van der Waals surface area (Å²) in [6, 6.07) is 21.3. The van der Waals surface area contributed by atoms with Crippen LogP contribution in [0.1, 0.15) is 28.1 Å². The number of morpholine rings is 1. The Bertz CT molecular complexity index is 1590. The van der Waals surface area contributed by atoms with Crippen LogP contribution in [0.5, 0.6) is 0 Å². The van der Waals surface area contributed by atoms with Crippen LogP contribution in [0.2, 0.25) is 0 Å². The summed E-state index contributed by atoms with van der Waals surface area (Å²) in [7, 11) is 1.98. The first kappa shape index (κ1) is 25.3. The van der Waals surface area contributed by atoms with Crippen LogP contribution in [-0.2, 0) is 18.2 Å². The maximum absolute atomic E-state index is 13.4. The number of ether oxygens (including phenoxy) is 1. The van der Waals surface area contributed by atoms with E-state index in [4.69, 9.17) is 14.1 Å². The minimum absolute atomic E-state index is 0.252. The Labute approximate surface area is 234 Å². The Morgan fingerprint density at radius 1 is 1.05 bits per heavy atom. The molecule has 39 heavy (non-hydrogen) atoms. The van der Waals surface area contributed by atoms with Crippen LogP contribution < -0.4 is 10.2 Å². The van der Waals surface area contributed by atoms with Crippen LogP contribution in [0.25, 0.3) is 22.2 Å². The number of aromatic nitrogens is 3. The van der Waals surface area contributed by atoms with E-state index in [9.17, 15) is 4.79 Å². The van der Waals surface area contributed by atoms with E-state index in [0.717, 1.165) is 58.9 Å². The molecule has 1 amide bonds. The van der Waals surface area contributed by atoms with Crippen molar-refractivity contribution in [2.45, 2.75) is 12.5 Å². The topological polar surface area (TPSA) is 85.4 Å². The normalized spacial score (nSPS) is 14.5. The molecule has 1 N–H and O–H groups in total. The van der Waals surface area contributed by atoms with E-state index in [2.05, 4.69) is 55.4 Å². The van der Waals surface area contributed by atoms with Gasteiger partial charge in [0, 0.05) is 54.0 Å². The number of carbonyl (C=O) groups is 1. The van der Waals surface area contributed by atoms with Crippen LogP contribution in [0, 0.1) is 0 Å². The van der Waals surface area contributed by atoms with Gasteiger partial charge < -0.3 is 23.9 Å². The van der Waals surface area contributed by atoms with Crippen molar-refractivity contribution in [1.82, 2.24) is 19.9 Å². The van der Waals surface area contributed by atoms with E-state index in [1.54, 1.807) is 12.3 Å². The number of fused-ring (bicyclic) bond motifs is 1. The molecule has 4 heterocycles. The maximum Gasteiger partial charge on any atom is 0.287 e. The van der Waals surface area contributed by atoms with Crippen molar-refractivity contribution >= 4 is 38.5 Å². The number of nitrogens with one attached hydrogen (secondary N) is 1. The van der Waals surface area contributed by atoms with Crippen molar-refractivity contribution in [1.29, 1.82) is 0 Å². The molecule has 0 saturated carbocycles. The molecule has 6 rings (SSSR count). The average molecular weight is 586 g/mol. The van der Waals surface area contributed by atoms with Gasteiger partial charge in [-0.05, 0) is 54.1 Å². The highest BCUT2D eigenvalue weighted by Gasteiger charge is 2.24. The molecule has 1 saturated heterocycles. The number of hydrogen-bond donors (Lipinski definition) is 1. The zero-order chi connectivity index (χ0) is 26.8. The predicted molar refractivity (Wildman–Crippen MR) is 154 cm³/mol. The zero-order valence-electron chi connectivity index (χ0n) is 21.5. The number of halogens is 1. The van der Waals surface area contributed by atoms with Gasteiger partial charge in [0.1, 0.15) is 11.4 Å². The summed E-state index contributed by atoms with van der Waals surface area (Å²) in [5.41, 5.74) is 4.72. The Morgan fingerprint density at radius 3 is 2.64 bits per heavy atom. The van der Waals surface area contributed by atoms with Crippen molar-refractivity contribution in [3.8, 4) is 11.3 Å². The number of hydrogen-bond acceptors (Lipinski definition) is 6. The number of carbonyl (C=O) groups excluding carboxylic acids is 1. The third kappa shape index (κ3) is 5.46. The van der Waals surface area contributed by atoms with E-state index in [1.807, 2.05) is 54.2 Å². The molecule has 1 unspecified atom stereocenters. The number of anilines is 1. The van der Waals surface area contributed by atoms with Crippen molar-refractivity contribution in [2.75, 3.05) is 31.2 Å². The van der Waals surface area contributed by atoms with Gasteiger partial charge in [0.2, 0.25) is 0 Å². The maximum atomic E-state index is 13.4. The first-order valence-electron chi connectivity index (χ1n) is 12.9. The lowest BCUT2D eigenvalue weighted by Crippen LogP contribution is -2.36. The summed E-state index contributed by atoms with van der Waals surface area (Å²) in [5.74, 6) is 0.685. The highest BCUT2D eigenvalue weighted by molar-refractivity contribution is 9.10. The molecule has 2 aromatic carbocycles. The summed E-state index contributed by atoms with van der Waals surface area (Å²) in [6.07, 6.45) is 4.10. The van der Waals surface area contributed by atoms with Crippen molar-refractivity contribution in [3.05, 3.63) is 101 Å². The monoisotopic (exact) mass is 585 g/mol. The van der Waals surface area contributed by atoms with Crippen LogP contribution in [0.15, 0.2) is 88.0 Å². The van der Waals surface area contributed by atoms with E-state index >= 15 is 0 Å². The van der Waals surface area contributed by atoms with Crippen molar-refractivity contribution in [2.24, 2.45) is 7.05 Å². The fourth-order valence-corrected chi connectivity index (χ4v) is 5.35. The molecule has 0 aliphatic carbocycles. The lowest BCUT2D eigenvalue weighted by molar-refractivity contribution is 0.0908. The number of rotatable bonds is 7. The summed E-state index contributed by atoms with van der Waals surface area (Å²) < 4.78 is 14.3. The molecule has 3 aromatic heterocycles. The molecular formula is C30H28BrN5O3. The third-order valence-corrected chi connectivity index (χ3v) is 7.52. The van der Waals surface area contributed by atoms with Gasteiger partial charge in [-0.2, -0.15) is 0 Å². The predicted octanol–water partition coefficient (Wildman–Crippen LogP) is 5.54. The molecule has 1 aliphatic heterocycles. The molecule has 1 fully saturated rings. The van der Waals surface area contributed by atoms with E-state index in [0.29, 0.717) is 12.0 Å². The van der Waals surface area contributed by atoms with E-state index < -0.39 is 6.04 Å². The first-order chi connectivity index (χ1) is 19.0. The molecule has 8 nitrogen and oxygen atoms in total. The largest absolute Gasteiger partial charge is 0.451 e. The smallest absolute Gasteiger partial charge is 0.287 e. The minimum atomic E-state index is -0.418. The minimum Gasteiger partial charge on any atom is -0.451 e. The molecule has 0 radical (unpaired) electrons. The van der Waals surface area contributed by atoms with Gasteiger partial charge in [0.25, 0.3) is 5.91 Å². The fraction of sp³-hybridized carbons (Fsp3) is 0.233. The summed E-state index contributed by atoms with van der Waals surface area (Å²) >= 11 is 3.47. The Balaban J connectivity index is 1.28. The zero-order valence-corrected chi connectivity index (χ0v) is 23.1. The van der Waals surface area contributed by atoms with Crippen LogP contribution in [0.4, 0.5) is 5.69 Å². The van der Waals surface area contributed by atoms with E-state index in [-0.39, 0.29) is 11.7 Å². The van der Waals surface area contributed by atoms with Gasteiger partial charge in [0.05, 0.1) is 31.1 Å². The fourth-order valence-electron chi connectivity index (χ4n) is 4.97. The standard InChI is InChI=1S/C30H28BrN5O3/c1-35-26(20-5-8-24(9-6-20)36-12-14-38-15-13-36)19-33-29(35)25(18-23-4-2-3-11-32-23)34-30(37)28-17-21-16-22(31)7-10-27(21)39-28/h2-11,16-17,19,25H,12-15,18H2,1H3,(H,34,37). The summed E-state index contributed by atoms with van der Waals surface area (Å²) in [6.45, 7) is 3.29. The number of nitrogens with zero attached hydrogens (tertiary/aromatic N) is 4. The van der Waals surface area contributed by atoms with Crippen molar-refractivity contribution < 1.29 is 13.9 Å². The second kappa shape index (κ2) is 11.0. The molecule has 0 spiro atoms. The Hall–Kier alpha value is -3.95. The van der Waals surface area contributed by atoms with Gasteiger partial charge in [-0.15, -0.1) is 0 Å². The average Bonchev–Trinajstić information content (AvgIpc) is 3.57. The molecule has 9 heteroatoms. The van der Waals surface area contributed by atoms with Gasteiger partial charge >= 0.3 is 0 Å². The Morgan fingerprint density at radius 2 is 1.87 bits per heavy atom. The van der Waals surface area contributed by atoms with Crippen LogP contribution in [0.3, 0.4) is 0 Å². The second-order valence-corrected chi connectivity index (χ2v) is 10.5. The second-order valence-electron chi connectivity index (χ2n) is 9.55. The van der Waals surface area contributed by atoms with Gasteiger partial charge in [-0.3, -0.25) is 9.78 Å². The number of benzene rings is 2. The van der Waals surface area contributed by atoms with Crippen molar-refractivity contribution in [3.63, 3.8) is 0 Å². The number of imidazole rings is 1. The molecule has 5 aromatic rings. The lowest BCUT2D eigenvalue weighted by Gasteiger charge is -2.28. The first-order valence-corrected chi connectivity index (χ1v) is 13.7. The molecule has 1 aliphatic rings. The number of amides is 1. The molecule has 198 valence electrons. The molecule has 0 bridgehead atoms. The van der Waals surface area contributed by atoms with Crippen LogP contribution in [-0.4, -0.2) is 46.7 Å². The van der Waals surface area contributed by atoms with Crippen LogP contribution >= 0.6 is 15.9 Å². The Kier molecular flexibility index (Phi) is 7.17. The lowest BCUT2D eigenvalue weighted by atomic mass is 10.1. The SMILES string of the molecule is Cn1c(-c2ccc(N3CCOCC3)cc2)cnc1C(Cc1ccccn1)NC(=O)c1cc2cc(Br)ccc2o1. The molecule has 1 atom stereocenters. The number of furan rings is 1. The number of pyridine rings is 1. The van der Waals surface area contributed by atoms with Gasteiger partial charge in [-0.1, -0.05) is 34.1 Å². The highest BCUT2D eigenvalue weighted by atomic mass is 79.9. The summed E-state index contributed by atoms with van der Waals surface area (Å²) in [4.78, 5) is 24.9. The van der Waals surface area contributed by atoms with Gasteiger partial charge in [-0.25, -0.2) is 4.98 Å².